The van der Waals surface area contributed by atoms with Crippen molar-refractivity contribution in [3.05, 3.63) is 63.2 Å². The molecule has 1 fully saturated rings. The third kappa shape index (κ3) is 2.70. The second-order valence-corrected chi connectivity index (χ2v) is 8.86. The molecule has 1 heterocycles. The third-order valence-corrected chi connectivity index (χ3v) is 7.07. The zero-order chi connectivity index (χ0) is 22.2. The molecule has 1 aliphatic heterocycles. The van der Waals surface area contributed by atoms with Crippen molar-refractivity contribution in [2.75, 3.05) is 0 Å². The highest BCUT2D eigenvalue weighted by Gasteiger charge is 2.56. The number of phenols is 1. The highest BCUT2D eigenvalue weighted by Crippen LogP contribution is 2.56. The number of imide groups is 1. The number of halogens is 1. The van der Waals surface area contributed by atoms with Gasteiger partial charge in [0, 0.05) is 33.2 Å². The normalized spacial score (nSPS) is 30.1. The summed E-state index contributed by atoms with van der Waals surface area (Å²) in [6, 6.07) is 4.48. The van der Waals surface area contributed by atoms with Gasteiger partial charge in [-0.1, -0.05) is 23.3 Å². The number of ketones is 2. The summed E-state index contributed by atoms with van der Waals surface area (Å²) >= 11 is 6.18. The van der Waals surface area contributed by atoms with Gasteiger partial charge in [-0.2, -0.15) is 5.06 Å². The molecule has 0 spiro atoms. The average molecular weight is 440 g/mol. The monoisotopic (exact) mass is 439 g/mol. The lowest BCUT2D eigenvalue weighted by Crippen LogP contribution is -2.39. The molecule has 4 unspecified atom stereocenters. The predicted molar refractivity (Wildman–Crippen MR) is 108 cm³/mol. The molecule has 4 aliphatic rings. The zero-order valence-electron chi connectivity index (χ0n) is 16.5. The van der Waals surface area contributed by atoms with Crippen LogP contribution in [0.5, 0.6) is 5.75 Å². The number of amides is 2. The summed E-state index contributed by atoms with van der Waals surface area (Å²) in [6.07, 6.45) is 3.42. The molecule has 0 aromatic heterocycles. The Kier molecular flexibility index (Phi) is 4.32. The number of rotatable bonds is 1. The Morgan fingerprint density at radius 2 is 1.84 bits per heavy atom. The van der Waals surface area contributed by atoms with Crippen LogP contribution in [0, 0.1) is 17.8 Å². The number of phenolic OH excluding ortho intramolecular Hbond substituents is 1. The number of nitrogens with zero attached hydrogens (tertiary/aromatic N) is 1. The van der Waals surface area contributed by atoms with Gasteiger partial charge in [-0.25, -0.2) is 0 Å². The minimum absolute atomic E-state index is 0.0888. The summed E-state index contributed by atoms with van der Waals surface area (Å²) in [4.78, 5) is 51.1. The lowest BCUT2D eigenvalue weighted by molar-refractivity contribution is -0.173. The van der Waals surface area contributed by atoms with Crippen molar-refractivity contribution in [3.63, 3.8) is 0 Å². The van der Waals surface area contributed by atoms with Crippen LogP contribution in [-0.2, 0) is 19.2 Å². The van der Waals surface area contributed by atoms with E-state index in [2.05, 4.69) is 0 Å². The smallest absolute Gasteiger partial charge is 0.257 e. The van der Waals surface area contributed by atoms with Crippen LogP contribution < -0.4 is 0 Å². The number of Topliss-reactive ketones (excluding diaryl/α,β-unsaturated/α-hetero) is 1. The number of hydroxylamine groups is 2. The summed E-state index contributed by atoms with van der Waals surface area (Å²) in [5.41, 5.74) is 1.90. The molecule has 1 aromatic rings. The SMILES string of the molecule is CC1=CC(=O)C2=C(CC3C(=CCC4C(=O)N(O)C(=O)C43)C2c2cc(Cl)ccc2O)C1=O. The van der Waals surface area contributed by atoms with Gasteiger partial charge in [0.1, 0.15) is 5.75 Å². The molecule has 5 rings (SSSR count). The van der Waals surface area contributed by atoms with Crippen molar-refractivity contribution in [1.29, 1.82) is 0 Å². The molecule has 3 aliphatic carbocycles. The van der Waals surface area contributed by atoms with E-state index in [0.717, 1.165) is 0 Å². The van der Waals surface area contributed by atoms with Crippen molar-refractivity contribution in [1.82, 2.24) is 5.06 Å². The van der Waals surface area contributed by atoms with Crippen LogP contribution in [0.3, 0.4) is 0 Å². The van der Waals surface area contributed by atoms with E-state index in [9.17, 15) is 29.5 Å². The van der Waals surface area contributed by atoms with E-state index in [1.165, 1.54) is 18.2 Å². The highest BCUT2D eigenvalue weighted by molar-refractivity contribution is 6.30. The van der Waals surface area contributed by atoms with Crippen molar-refractivity contribution in [3.8, 4) is 5.75 Å². The van der Waals surface area contributed by atoms with Crippen molar-refractivity contribution < 1.29 is 29.5 Å². The van der Waals surface area contributed by atoms with Crippen LogP contribution in [0.25, 0.3) is 0 Å². The molecule has 0 radical (unpaired) electrons. The molecule has 7 nitrogen and oxygen atoms in total. The van der Waals surface area contributed by atoms with Gasteiger partial charge in [0.05, 0.1) is 11.8 Å². The second kappa shape index (κ2) is 6.73. The Hall–Kier alpha value is -3.03. The largest absolute Gasteiger partial charge is 0.508 e. The molecular weight excluding hydrogens is 422 g/mol. The van der Waals surface area contributed by atoms with Crippen LogP contribution >= 0.6 is 11.6 Å². The summed E-state index contributed by atoms with van der Waals surface area (Å²) in [5, 5.41) is 21.1. The summed E-state index contributed by atoms with van der Waals surface area (Å²) in [5.74, 6) is -4.94. The van der Waals surface area contributed by atoms with Crippen molar-refractivity contribution >= 4 is 35.0 Å². The molecule has 1 saturated heterocycles. The molecule has 31 heavy (non-hydrogen) atoms. The zero-order valence-corrected chi connectivity index (χ0v) is 17.2. The van der Waals surface area contributed by atoms with E-state index in [1.54, 1.807) is 19.1 Å². The van der Waals surface area contributed by atoms with Gasteiger partial charge in [-0.05, 0) is 50.0 Å². The minimum Gasteiger partial charge on any atom is -0.508 e. The molecule has 158 valence electrons. The number of hydrogen-bond donors (Lipinski definition) is 2. The Balaban J connectivity index is 1.75. The Morgan fingerprint density at radius 3 is 2.58 bits per heavy atom. The molecule has 0 saturated carbocycles. The van der Waals surface area contributed by atoms with Crippen LogP contribution in [-0.4, -0.2) is 38.8 Å². The van der Waals surface area contributed by atoms with E-state index in [1.807, 2.05) is 0 Å². The first kappa shape index (κ1) is 19.9. The first-order valence-electron chi connectivity index (χ1n) is 9.96. The fourth-order valence-corrected chi connectivity index (χ4v) is 5.66. The molecular formula is C23H18ClNO6. The Bertz CT molecular complexity index is 1190. The number of aromatic hydroxyl groups is 1. The lowest BCUT2D eigenvalue weighted by atomic mass is 9.59. The van der Waals surface area contributed by atoms with Gasteiger partial charge in [0.15, 0.2) is 11.6 Å². The molecule has 8 heteroatoms. The van der Waals surface area contributed by atoms with Gasteiger partial charge in [0.2, 0.25) is 0 Å². The first-order chi connectivity index (χ1) is 14.7. The molecule has 2 N–H and O–H groups in total. The van der Waals surface area contributed by atoms with Crippen LogP contribution in [0.4, 0.5) is 0 Å². The Labute approximate surface area is 182 Å². The summed E-state index contributed by atoms with van der Waals surface area (Å²) < 4.78 is 0. The van der Waals surface area contributed by atoms with Crippen molar-refractivity contribution in [2.24, 2.45) is 17.8 Å². The van der Waals surface area contributed by atoms with E-state index in [4.69, 9.17) is 11.6 Å². The van der Waals surface area contributed by atoms with Crippen molar-refractivity contribution in [2.45, 2.75) is 25.7 Å². The number of hydrogen-bond acceptors (Lipinski definition) is 6. The van der Waals surface area contributed by atoms with E-state index >= 15 is 0 Å². The number of fused-ring (bicyclic) bond motifs is 3. The van der Waals surface area contributed by atoms with Gasteiger partial charge >= 0.3 is 0 Å². The second-order valence-electron chi connectivity index (χ2n) is 8.42. The molecule has 2 amide bonds. The van der Waals surface area contributed by atoms with Gasteiger partial charge in [0.25, 0.3) is 11.8 Å². The molecule has 4 atom stereocenters. The predicted octanol–water partition coefficient (Wildman–Crippen LogP) is 2.86. The Morgan fingerprint density at radius 1 is 1.10 bits per heavy atom. The first-order valence-corrected chi connectivity index (χ1v) is 10.3. The van der Waals surface area contributed by atoms with Gasteiger partial charge in [-0.3, -0.25) is 24.4 Å². The minimum atomic E-state index is -0.829. The fourth-order valence-electron chi connectivity index (χ4n) is 5.48. The van der Waals surface area contributed by atoms with E-state index < -0.39 is 35.5 Å². The number of benzene rings is 1. The van der Waals surface area contributed by atoms with Crippen LogP contribution in [0.1, 0.15) is 31.2 Å². The standard InChI is InChI=1S/C23H18ClNO6/c1-9-6-17(27)20-15(21(9)28)8-13-11(18(20)14-7-10(24)2-5-16(14)26)3-4-12-19(13)23(30)25(31)22(12)29/h2-3,5-7,12-13,18-19,26,31H,4,8H2,1H3. The maximum absolute atomic E-state index is 13.0. The van der Waals surface area contributed by atoms with Crippen LogP contribution in [0.2, 0.25) is 5.02 Å². The fraction of sp³-hybridized carbons (Fsp3) is 0.304. The molecule has 0 bridgehead atoms. The number of carbonyl (C=O) groups is 4. The van der Waals surface area contributed by atoms with Gasteiger partial charge < -0.3 is 5.11 Å². The summed E-state index contributed by atoms with van der Waals surface area (Å²) in [6.45, 7) is 1.56. The quantitative estimate of drug-likeness (QED) is 0.301. The number of allylic oxidation sites excluding steroid dienone is 6. The van der Waals surface area contributed by atoms with E-state index in [-0.39, 0.29) is 46.4 Å². The average Bonchev–Trinajstić information content (AvgIpc) is 2.96. The topological polar surface area (TPSA) is 112 Å². The maximum atomic E-state index is 13.0. The maximum Gasteiger partial charge on any atom is 0.257 e. The number of carbonyl (C=O) groups excluding carboxylic acids is 4. The summed E-state index contributed by atoms with van der Waals surface area (Å²) in [7, 11) is 0. The van der Waals surface area contributed by atoms with Crippen LogP contribution in [0.15, 0.2) is 52.6 Å². The third-order valence-electron chi connectivity index (χ3n) is 6.84. The highest BCUT2D eigenvalue weighted by atomic mass is 35.5. The molecule has 1 aromatic carbocycles. The lowest BCUT2D eigenvalue weighted by Gasteiger charge is -2.42. The van der Waals surface area contributed by atoms with Gasteiger partial charge in [-0.15, -0.1) is 0 Å². The van der Waals surface area contributed by atoms with E-state index in [0.29, 0.717) is 21.7 Å².